The molecule has 0 aliphatic carbocycles. The quantitative estimate of drug-likeness (QED) is 0.666. The van der Waals surface area contributed by atoms with Gasteiger partial charge in [-0.25, -0.2) is 13.2 Å². The molecule has 0 radical (unpaired) electrons. The molecule has 2 unspecified atom stereocenters. The Morgan fingerprint density at radius 2 is 2.06 bits per heavy atom. The van der Waals surface area contributed by atoms with Crippen LogP contribution in [0.4, 0.5) is 13.2 Å². The lowest BCUT2D eigenvalue weighted by atomic mass is 9.99. The predicted octanol–water partition coefficient (Wildman–Crippen LogP) is 2.71. The van der Waals surface area contributed by atoms with Crippen molar-refractivity contribution < 1.29 is 13.2 Å². The number of benzene rings is 1. The fourth-order valence-electron chi connectivity index (χ4n) is 2.47. The first-order valence-corrected chi connectivity index (χ1v) is 6.06. The molecule has 1 aromatic rings. The van der Waals surface area contributed by atoms with Crippen LogP contribution in [0.15, 0.2) is 6.07 Å². The lowest BCUT2D eigenvalue weighted by Gasteiger charge is -2.20. The molecule has 1 saturated heterocycles. The van der Waals surface area contributed by atoms with E-state index in [1.807, 2.05) is 4.90 Å². The molecule has 1 aliphatic heterocycles. The summed E-state index contributed by atoms with van der Waals surface area (Å²) in [5.74, 6) is -3.12. The number of hydrogen-bond donors (Lipinski definition) is 1. The Morgan fingerprint density at radius 3 is 2.61 bits per heavy atom. The Balaban J connectivity index is 2.40. The van der Waals surface area contributed by atoms with Gasteiger partial charge in [0, 0.05) is 18.2 Å². The van der Waals surface area contributed by atoms with E-state index in [-0.39, 0.29) is 17.5 Å². The van der Waals surface area contributed by atoms with Crippen LogP contribution in [0.25, 0.3) is 0 Å². The second-order valence-electron chi connectivity index (χ2n) is 4.68. The first-order valence-electron chi connectivity index (χ1n) is 5.68. The van der Waals surface area contributed by atoms with Crippen LogP contribution in [0, 0.1) is 23.4 Å². The molecular weight excluding hydrogens is 265 g/mol. The summed E-state index contributed by atoms with van der Waals surface area (Å²) in [5.41, 5.74) is 5.67. The van der Waals surface area contributed by atoms with Crippen molar-refractivity contribution in [3.05, 3.63) is 34.1 Å². The van der Waals surface area contributed by atoms with Crippen LogP contribution in [0.1, 0.15) is 18.0 Å². The molecule has 0 bridgehead atoms. The minimum absolute atomic E-state index is 0.0948. The largest absolute Gasteiger partial charge is 0.330 e. The van der Waals surface area contributed by atoms with Crippen LogP contribution in [-0.4, -0.2) is 25.0 Å². The van der Waals surface area contributed by atoms with Crippen molar-refractivity contribution in [1.29, 1.82) is 0 Å². The van der Waals surface area contributed by atoms with Crippen LogP contribution in [-0.2, 0) is 0 Å². The Kier molecular flexibility index (Phi) is 3.84. The van der Waals surface area contributed by atoms with E-state index >= 15 is 0 Å². The molecule has 0 amide bonds. The maximum Gasteiger partial charge on any atom is 0.180 e. The highest BCUT2D eigenvalue weighted by Crippen LogP contribution is 2.37. The summed E-state index contributed by atoms with van der Waals surface area (Å²) < 4.78 is 40.3. The molecule has 18 heavy (non-hydrogen) atoms. The molecule has 0 aromatic heterocycles. The van der Waals surface area contributed by atoms with Gasteiger partial charge in [-0.15, -0.1) is 0 Å². The Bertz CT molecular complexity index is 467. The van der Waals surface area contributed by atoms with Crippen molar-refractivity contribution in [2.45, 2.75) is 12.5 Å². The minimum Gasteiger partial charge on any atom is -0.330 e. The molecule has 1 aromatic carbocycles. The van der Waals surface area contributed by atoms with E-state index in [1.165, 1.54) is 0 Å². The third kappa shape index (κ3) is 2.22. The van der Waals surface area contributed by atoms with E-state index in [1.54, 1.807) is 7.05 Å². The molecule has 1 aliphatic rings. The van der Waals surface area contributed by atoms with Crippen LogP contribution < -0.4 is 5.73 Å². The van der Waals surface area contributed by atoms with Gasteiger partial charge in [-0.1, -0.05) is 11.6 Å². The molecule has 1 fully saturated rings. The van der Waals surface area contributed by atoms with Crippen molar-refractivity contribution in [2.24, 2.45) is 11.7 Å². The molecule has 2 rings (SSSR count). The molecule has 2 nitrogen and oxygen atoms in total. The third-order valence-corrected chi connectivity index (χ3v) is 3.79. The molecule has 100 valence electrons. The highest BCUT2D eigenvalue weighted by atomic mass is 35.5. The lowest BCUT2D eigenvalue weighted by molar-refractivity contribution is 0.305. The smallest absolute Gasteiger partial charge is 0.180 e. The molecule has 6 heteroatoms. The second-order valence-corrected chi connectivity index (χ2v) is 5.06. The average Bonchev–Trinajstić information content (AvgIpc) is 2.72. The molecule has 0 saturated carbocycles. The van der Waals surface area contributed by atoms with E-state index < -0.39 is 22.5 Å². The molecule has 2 atom stereocenters. The molecular formula is C12H14ClF3N2. The first-order chi connectivity index (χ1) is 8.45. The van der Waals surface area contributed by atoms with Gasteiger partial charge in [0.1, 0.15) is 10.8 Å². The van der Waals surface area contributed by atoms with Crippen LogP contribution in [0.3, 0.4) is 0 Å². The van der Waals surface area contributed by atoms with Crippen molar-refractivity contribution >= 4 is 11.6 Å². The van der Waals surface area contributed by atoms with Crippen LogP contribution in [0.5, 0.6) is 0 Å². The number of nitrogens with zero attached hydrogens (tertiary/aromatic N) is 1. The maximum absolute atomic E-state index is 13.9. The van der Waals surface area contributed by atoms with Gasteiger partial charge in [-0.05, 0) is 32.0 Å². The number of halogens is 4. The average molecular weight is 279 g/mol. The van der Waals surface area contributed by atoms with E-state index in [9.17, 15) is 13.2 Å². The van der Waals surface area contributed by atoms with E-state index in [2.05, 4.69) is 0 Å². The molecule has 2 N–H and O–H groups in total. The van der Waals surface area contributed by atoms with Gasteiger partial charge < -0.3 is 5.73 Å². The van der Waals surface area contributed by atoms with Gasteiger partial charge in [0.2, 0.25) is 0 Å². The summed E-state index contributed by atoms with van der Waals surface area (Å²) in [6, 6.07) is 0.572. The van der Waals surface area contributed by atoms with Gasteiger partial charge >= 0.3 is 0 Å². The first kappa shape index (κ1) is 13.6. The van der Waals surface area contributed by atoms with E-state index in [4.69, 9.17) is 17.3 Å². The zero-order valence-corrected chi connectivity index (χ0v) is 10.6. The van der Waals surface area contributed by atoms with Crippen molar-refractivity contribution in [2.75, 3.05) is 20.1 Å². The summed E-state index contributed by atoms with van der Waals surface area (Å²) in [6.45, 7) is 1.19. The highest BCUT2D eigenvalue weighted by Gasteiger charge is 2.33. The number of nitrogens with two attached hydrogens (primary N) is 1. The fourth-order valence-corrected chi connectivity index (χ4v) is 2.67. The minimum atomic E-state index is -1.34. The number of likely N-dealkylation sites (tertiary alicyclic amines) is 1. The maximum atomic E-state index is 13.9. The zero-order chi connectivity index (χ0) is 13.4. The summed E-state index contributed by atoms with van der Waals surface area (Å²) in [7, 11) is 1.80. The van der Waals surface area contributed by atoms with Gasteiger partial charge in [0.25, 0.3) is 0 Å². The molecule has 0 spiro atoms. The van der Waals surface area contributed by atoms with Gasteiger partial charge in [-0.3, -0.25) is 4.90 Å². The summed E-state index contributed by atoms with van der Waals surface area (Å²) in [4.78, 5) is 1.88. The standard InChI is InChI=1S/C12H14ClF3N2/c1-18-5-6(4-17)2-9(18)7-3-8(14)12(16)10(13)11(7)15/h3,6,9H,2,4-5,17H2,1H3. The highest BCUT2D eigenvalue weighted by molar-refractivity contribution is 6.31. The summed E-state index contributed by atoms with van der Waals surface area (Å²) in [6.07, 6.45) is 0.616. The normalized spacial score (nSPS) is 24.8. The third-order valence-electron chi connectivity index (χ3n) is 3.46. The second kappa shape index (κ2) is 5.07. The summed E-state index contributed by atoms with van der Waals surface area (Å²) in [5, 5.41) is -0.783. The van der Waals surface area contributed by atoms with Crippen molar-refractivity contribution in [1.82, 2.24) is 4.90 Å². The fraction of sp³-hybridized carbons (Fsp3) is 0.500. The van der Waals surface area contributed by atoms with E-state index in [0.29, 0.717) is 19.5 Å². The Labute approximate surface area is 109 Å². The SMILES string of the molecule is CN1CC(CN)CC1c1cc(F)c(F)c(Cl)c1F. The predicted molar refractivity (Wildman–Crippen MR) is 63.9 cm³/mol. The van der Waals surface area contributed by atoms with Gasteiger partial charge in [0.15, 0.2) is 11.6 Å². The van der Waals surface area contributed by atoms with Gasteiger partial charge in [0.05, 0.1) is 0 Å². The van der Waals surface area contributed by atoms with Crippen molar-refractivity contribution in [3.8, 4) is 0 Å². The Morgan fingerprint density at radius 1 is 1.39 bits per heavy atom. The van der Waals surface area contributed by atoms with Crippen LogP contribution in [0.2, 0.25) is 5.02 Å². The van der Waals surface area contributed by atoms with Gasteiger partial charge in [-0.2, -0.15) is 0 Å². The topological polar surface area (TPSA) is 29.3 Å². The molecule has 1 heterocycles. The number of rotatable bonds is 2. The summed E-state index contributed by atoms with van der Waals surface area (Å²) >= 11 is 5.45. The van der Waals surface area contributed by atoms with Crippen molar-refractivity contribution in [3.63, 3.8) is 0 Å². The van der Waals surface area contributed by atoms with E-state index in [0.717, 1.165) is 6.07 Å². The zero-order valence-electron chi connectivity index (χ0n) is 9.89. The Hall–Kier alpha value is -0.780. The van der Waals surface area contributed by atoms with Crippen LogP contribution >= 0.6 is 11.6 Å². The lowest BCUT2D eigenvalue weighted by Crippen LogP contribution is -2.21. The number of hydrogen-bond acceptors (Lipinski definition) is 2. The monoisotopic (exact) mass is 278 g/mol.